The molecule has 0 spiro atoms. The number of imidazole rings is 1. The van der Waals surface area contributed by atoms with Gasteiger partial charge in [-0.15, -0.1) is 0 Å². The van der Waals surface area contributed by atoms with E-state index < -0.39 is 32.6 Å². The van der Waals surface area contributed by atoms with Gasteiger partial charge in [-0.2, -0.15) is 0 Å². The van der Waals surface area contributed by atoms with Crippen LogP contribution < -0.4 is 46.2 Å². The topological polar surface area (TPSA) is 188 Å². The van der Waals surface area contributed by atoms with Crippen LogP contribution in [-0.4, -0.2) is 38.5 Å². The second-order valence-corrected chi connectivity index (χ2v) is 8.48. The Hall–Kier alpha value is -3.46. The third-order valence-corrected chi connectivity index (χ3v) is 5.92. The Labute approximate surface area is 219 Å². The summed E-state index contributed by atoms with van der Waals surface area (Å²) in [5.41, 5.74) is -0.288. The van der Waals surface area contributed by atoms with Crippen molar-refractivity contribution in [1.82, 2.24) is 19.1 Å². The summed E-state index contributed by atoms with van der Waals surface area (Å²) in [5.74, 6) is -0.731. The van der Waals surface area contributed by atoms with Crippen LogP contribution in [-0.2, 0) is 24.1 Å². The molecule has 3 aromatic heterocycles. The van der Waals surface area contributed by atoms with Crippen LogP contribution in [0.25, 0.3) is 15.9 Å². The Morgan fingerprint density at radius 1 is 1.09 bits per heavy atom. The van der Waals surface area contributed by atoms with Crippen LogP contribution in [0.2, 0.25) is 0 Å². The predicted molar refractivity (Wildman–Crippen MR) is 119 cm³/mol. The average molecular weight is 511 g/mol. The molecule has 35 heavy (non-hydrogen) atoms. The van der Waals surface area contributed by atoms with E-state index >= 15 is 0 Å². The SMILES string of the molecule is Cc1occc(=O)c1O.Cn1cnc2c1c(=O)[nH]c(=O)n2C.O=C1[N-]S(=O)(=O)c2ccccc21.[Na+]. The minimum atomic E-state index is -3.68. The molecule has 1 amide bonds. The van der Waals surface area contributed by atoms with E-state index in [0.717, 1.165) is 0 Å². The molecule has 0 aliphatic carbocycles. The van der Waals surface area contributed by atoms with Gasteiger partial charge in [0, 0.05) is 25.7 Å². The molecule has 0 bridgehead atoms. The Bertz CT molecular complexity index is 1680. The summed E-state index contributed by atoms with van der Waals surface area (Å²) in [6.07, 6.45) is 2.75. The number of nitrogens with one attached hydrogen (secondary N) is 1. The van der Waals surface area contributed by atoms with E-state index in [9.17, 15) is 27.6 Å². The number of H-pyrrole nitrogens is 1. The molecule has 15 heteroatoms. The summed E-state index contributed by atoms with van der Waals surface area (Å²) < 4.78 is 32.7. The number of amides is 1. The zero-order valence-corrected chi connectivity index (χ0v) is 21.9. The first-order valence-electron chi connectivity index (χ1n) is 9.43. The normalized spacial score (nSPS) is 12.8. The number of nitrogens with zero attached hydrogens (tertiary/aromatic N) is 4. The van der Waals surface area contributed by atoms with E-state index in [0.29, 0.717) is 11.2 Å². The molecule has 1 aliphatic rings. The quantitative estimate of drug-likeness (QED) is 0.241. The first-order chi connectivity index (χ1) is 15.9. The Morgan fingerprint density at radius 3 is 2.34 bits per heavy atom. The second-order valence-electron chi connectivity index (χ2n) is 6.90. The first-order valence-corrected chi connectivity index (χ1v) is 10.9. The molecule has 1 aromatic carbocycles. The van der Waals surface area contributed by atoms with Crippen LogP contribution in [0, 0.1) is 6.92 Å². The van der Waals surface area contributed by atoms with E-state index in [2.05, 4.69) is 19.1 Å². The molecule has 0 fully saturated rings. The molecule has 2 N–H and O–H groups in total. The number of carbonyl (C=O) groups is 1. The number of sulfonamides is 1. The fraction of sp³-hybridized carbons (Fsp3) is 0.150. The number of fused-ring (bicyclic) bond motifs is 2. The summed E-state index contributed by atoms with van der Waals surface area (Å²) in [6, 6.07) is 7.16. The number of carbonyl (C=O) groups excluding carboxylic acids is 1. The van der Waals surface area contributed by atoms with Gasteiger partial charge in [-0.25, -0.2) is 18.2 Å². The van der Waals surface area contributed by atoms with Gasteiger partial charge in [0.05, 0.1) is 23.4 Å². The fourth-order valence-electron chi connectivity index (χ4n) is 2.84. The maximum atomic E-state index is 11.3. The Kier molecular flexibility index (Phi) is 8.62. The first kappa shape index (κ1) is 27.8. The summed E-state index contributed by atoms with van der Waals surface area (Å²) in [7, 11) is -0.413. The number of benzene rings is 1. The van der Waals surface area contributed by atoms with E-state index in [4.69, 9.17) is 5.11 Å². The molecule has 0 saturated heterocycles. The molecule has 5 rings (SSSR count). The molecule has 178 valence electrons. The van der Waals surface area contributed by atoms with Gasteiger partial charge in [0.25, 0.3) is 5.56 Å². The third-order valence-electron chi connectivity index (χ3n) is 4.61. The maximum Gasteiger partial charge on any atom is 1.00 e. The molecule has 13 nitrogen and oxygen atoms in total. The molecule has 1 aliphatic heterocycles. The van der Waals surface area contributed by atoms with Crippen molar-refractivity contribution in [3.05, 3.63) is 90.0 Å². The molecule has 0 atom stereocenters. The van der Waals surface area contributed by atoms with Crippen LogP contribution in [0.3, 0.4) is 0 Å². The maximum absolute atomic E-state index is 11.3. The number of aromatic nitrogens is 4. The largest absolute Gasteiger partial charge is 1.00 e. The molecule has 4 heterocycles. The number of aromatic amines is 1. The van der Waals surface area contributed by atoms with Crippen molar-refractivity contribution in [2.45, 2.75) is 11.8 Å². The number of aryl methyl sites for hydroxylation is 3. The number of hydrogen-bond acceptors (Lipinski definition) is 9. The van der Waals surface area contributed by atoms with Gasteiger partial charge in [-0.05, 0) is 13.0 Å². The van der Waals surface area contributed by atoms with Crippen LogP contribution in [0.1, 0.15) is 16.1 Å². The number of hydrogen-bond donors (Lipinski definition) is 2. The number of rotatable bonds is 0. The summed E-state index contributed by atoms with van der Waals surface area (Å²) >= 11 is 0. The Morgan fingerprint density at radius 2 is 1.74 bits per heavy atom. The molecule has 0 unspecified atom stereocenters. The van der Waals surface area contributed by atoms with Crippen molar-refractivity contribution in [2.75, 3.05) is 0 Å². The van der Waals surface area contributed by atoms with Crippen molar-refractivity contribution in [3.8, 4) is 5.75 Å². The molecule has 0 radical (unpaired) electrons. The van der Waals surface area contributed by atoms with Gasteiger partial charge in [0.15, 0.2) is 11.2 Å². The second kappa shape index (κ2) is 10.9. The van der Waals surface area contributed by atoms with Crippen molar-refractivity contribution in [2.24, 2.45) is 14.1 Å². The van der Waals surface area contributed by atoms with Crippen LogP contribution >= 0.6 is 0 Å². The molecule has 4 aromatic rings. The molecular weight excluding hydrogens is 493 g/mol. The van der Waals surface area contributed by atoms with Crippen LogP contribution in [0.5, 0.6) is 5.75 Å². The summed E-state index contributed by atoms with van der Waals surface area (Å²) in [5, 5.41) is 8.80. The van der Waals surface area contributed by atoms with Crippen molar-refractivity contribution >= 4 is 27.1 Å². The number of aromatic hydroxyl groups is 1. The van der Waals surface area contributed by atoms with Crippen molar-refractivity contribution in [1.29, 1.82) is 0 Å². The van der Waals surface area contributed by atoms with E-state index in [1.165, 1.54) is 42.3 Å². The Balaban J connectivity index is 0.000000186. The standard InChI is InChI=1S/C7H8N4O2.C7H5NO3S.C6H6O3.Na/c1-10-3-8-5-4(10)6(12)9-7(13)11(5)2;9-7-5-3-1-2-4-6(5)12(10,11)8-7;1-4-6(8)5(7)2-3-9-4;/h3H,1-2H3,(H,9,12,13);1-4H,(H,8,9);2-3,8H,1H3;/q;;;+1/p-1. The monoisotopic (exact) mass is 511 g/mol. The van der Waals surface area contributed by atoms with E-state index in [1.54, 1.807) is 30.8 Å². The van der Waals surface area contributed by atoms with Crippen LogP contribution in [0.4, 0.5) is 0 Å². The predicted octanol–water partition coefficient (Wildman–Crippen LogP) is -2.48. The zero-order valence-electron chi connectivity index (χ0n) is 19.0. The van der Waals surface area contributed by atoms with E-state index in [1.807, 2.05) is 0 Å². The van der Waals surface area contributed by atoms with Crippen molar-refractivity contribution in [3.63, 3.8) is 0 Å². The fourth-order valence-corrected chi connectivity index (χ4v) is 3.94. The van der Waals surface area contributed by atoms with E-state index in [-0.39, 0.29) is 51.5 Å². The third kappa shape index (κ3) is 5.79. The van der Waals surface area contributed by atoms with Crippen molar-refractivity contribution < 1.29 is 52.3 Å². The van der Waals surface area contributed by atoms with Gasteiger partial charge in [-0.1, -0.05) is 18.2 Å². The zero-order chi connectivity index (χ0) is 25.2. The summed E-state index contributed by atoms with van der Waals surface area (Å²) in [4.78, 5) is 50.0. The molecular formula is C20H18N5NaO8S. The smallest absolute Gasteiger partial charge is 0.537 e. The minimum Gasteiger partial charge on any atom is -0.537 e. The summed E-state index contributed by atoms with van der Waals surface area (Å²) in [6.45, 7) is 1.52. The van der Waals surface area contributed by atoms with Gasteiger partial charge < -0.3 is 23.6 Å². The van der Waals surface area contributed by atoms with Gasteiger partial charge in [0.2, 0.25) is 11.2 Å². The molecule has 0 saturated carbocycles. The van der Waals surface area contributed by atoms with Crippen LogP contribution in [0.15, 0.2) is 66.6 Å². The minimum absolute atomic E-state index is 0. The van der Waals surface area contributed by atoms with Gasteiger partial charge in [0.1, 0.15) is 15.8 Å². The van der Waals surface area contributed by atoms with Gasteiger partial charge >= 0.3 is 35.2 Å². The average Bonchev–Trinajstić information content (AvgIpc) is 3.29. The van der Waals surface area contributed by atoms with Gasteiger partial charge in [-0.3, -0.25) is 19.1 Å².